The molecule has 0 radical (unpaired) electrons. The predicted octanol–water partition coefficient (Wildman–Crippen LogP) is 3.34. The van der Waals surface area contributed by atoms with Gasteiger partial charge in [0.1, 0.15) is 5.82 Å². The second-order valence-corrected chi connectivity index (χ2v) is 6.76. The average molecular weight is 346 g/mol. The highest BCUT2D eigenvalue weighted by Crippen LogP contribution is 2.26. The lowest BCUT2D eigenvalue weighted by atomic mass is 10.1. The number of nitrogens with one attached hydrogen (secondary N) is 1. The first-order chi connectivity index (χ1) is 12.6. The molecule has 0 fully saturated rings. The number of rotatable bonds is 3. The normalized spacial score (nSPS) is 13.4. The van der Waals surface area contributed by atoms with Crippen LogP contribution in [0.2, 0.25) is 0 Å². The van der Waals surface area contributed by atoms with E-state index in [-0.39, 0.29) is 5.91 Å². The van der Waals surface area contributed by atoms with Gasteiger partial charge in [0.25, 0.3) is 5.91 Å². The van der Waals surface area contributed by atoms with Crippen molar-refractivity contribution in [2.24, 2.45) is 0 Å². The van der Waals surface area contributed by atoms with Crippen molar-refractivity contribution < 1.29 is 4.79 Å². The number of aromatic nitrogens is 2. The van der Waals surface area contributed by atoms with Crippen molar-refractivity contribution >= 4 is 11.6 Å². The van der Waals surface area contributed by atoms with Crippen LogP contribution in [0.4, 0.5) is 5.69 Å². The number of carbonyl (C=O) groups is 1. The first-order valence-electron chi connectivity index (χ1n) is 8.82. The van der Waals surface area contributed by atoms with E-state index in [1.54, 1.807) is 0 Å². The maximum absolute atomic E-state index is 13.1. The van der Waals surface area contributed by atoms with Crippen LogP contribution in [-0.4, -0.2) is 41.4 Å². The zero-order valence-electron chi connectivity index (χ0n) is 15.1. The number of carbonyl (C=O) groups excluding carboxylic acids is 1. The fourth-order valence-corrected chi connectivity index (χ4v) is 3.41. The number of anilines is 1. The molecule has 1 aliphatic heterocycles. The summed E-state index contributed by atoms with van der Waals surface area (Å²) in [5.41, 5.74) is 4.85. The minimum absolute atomic E-state index is 0.0656. The molecule has 132 valence electrons. The lowest BCUT2D eigenvalue weighted by Crippen LogP contribution is -2.36. The molecule has 0 atom stereocenters. The molecule has 5 nitrogen and oxygen atoms in total. The van der Waals surface area contributed by atoms with Gasteiger partial charge in [0.15, 0.2) is 0 Å². The summed E-state index contributed by atoms with van der Waals surface area (Å²) in [6.45, 7) is 1.25. The minimum Gasteiger partial charge on any atom is -0.377 e. The van der Waals surface area contributed by atoms with E-state index in [0.29, 0.717) is 13.1 Å². The number of amides is 1. The van der Waals surface area contributed by atoms with Gasteiger partial charge < -0.3 is 14.8 Å². The molecule has 2 aromatic carbocycles. The quantitative estimate of drug-likeness (QED) is 0.791. The van der Waals surface area contributed by atoms with Crippen molar-refractivity contribution in [3.63, 3.8) is 0 Å². The lowest BCUT2D eigenvalue weighted by Gasteiger charge is -2.28. The van der Waals surface area contributed by atoms with Gasteiger partial charge in [-0.1, -0.05) is 42.5 Å². The SMILES string of the molecule is CN(C)c1ccccc1C(=O)N1CCc2nc(-c3ccccc3)[nH]c2C1. The lowest BCUT2D eigenvalue weighted by molar-refractivity contribution is 0.0732. The Hall–Kier alpha value is -3.08. The number of fused-ring (bicyclic) bond motifs is 1. The molecular weight excluding hydrogens is 324 g/mol. The fourth-order valence-electron chi connectivity index (χ4n) is 3.41. The van der Waals surface area contributed by atoms with Crippen molar-refractivity contribution in [3.8, 4) is 11.4 Å². The third-order valence-corrected chi connectivity index (χ3v) is 4.78. The van der Waals surface area contributed by atoms with E-state index in [2.05, 4.69) is 4.98 Å². The number of hydrogen-bond acceptors (Lipinski definition) is 3. The largest absolute Gasteiger partial charge is 0.377 e. The zero-order chi connectivity index (χ0) is 18.1. The fraction of sp³-hybridized carbons (Fsp3) is 0.238. The maximum Gasteiger partial charge on any atom is 0.256 e. The van der Waals surface area contributed by atoms with E-state index in [4.69, 9.17) is 4.98 Å². The average Bonchev–Trinajstić information content (AvgIpc) is 3.11. The van der Waals surface area contributed by atoms with Crippen LogP contribution < -0.4 is 4.90 Å². The van der Waals surface area contributed by atoms with E-state index in [1.807, 2.05) is 78.5 Å². The molecule has 5 heteroatoms. The molecule has 0 saturated carbocycles. The van der Waals surface area contributed by atoms with Crippen molar-refractivity contribution in [2.45, 2.75) is 13.0 Å². The number of H-pyrrole nitrogens is 1. The van der Waals surface area contributed by atoms with Crippen molar-refractivity contribution in [3.05, 3.63) is 71.5 Å². The van der Waals surface area contributed by atoms with Crippen molar-refractivity contribution in [1.82, 2.24) is 14.9 Å². The van der Waals surface area contributed by atoms with Crippen LogP contribution in [0.25, 0.3) is 11.4 Å². The Morgan fingerprint density at radius 1 is 1.08 bits per heavy atom. The summed E-state index contributed by atoms with van der Waals surface area (Å²) < 4.78 is 0. The van der Waals surface area contributed by atoms with Gasteiger partial charge in [-0.3, -0.25) is 4.79 Å². The monoisotopic (exact) mass is 346 g/mol. The number of para-hydroxylation sites is 1. The molecular formula is C21H22N4O. The maximum atomic E-state index is 13.1. The third kappa shape index (κ3) is 2.96. The van der Waals surface area contributed by atoms with Crippen LogP contribution in [0.15, 0.2) is 54.6 Å². The molecule has 0 saturated heterocycles. The smallest absolute Gasteiger partial charge is 0.256 e. The summed E-state index contributed by atoms with van der Waals surface area (Å²) in [7, 11) is 3.92. The summed E-state index contributed by atoms with van der Waals surface area (Å²) in [5.74, 6) is 0.939. The van der Waals surface area contributed by atoms with Gasteiger partial charge in [0.2, 0.25) is 0 Å². The van der Waals surface area contributed by atoms with Gasteiger partial charge in [0.05, 0.1) is 23.5 Å². The van der Waals surface area contributed by atoms with Gasteiger partial charge in [-0.25, -0.2) is 4.98 Å². The molecule has 1 N–H and O–H groups in total. The summed E-state index contributed by atoms with van der Waals surface area (Å²) >= 11 is 0. The Labute approximate surface area is 153 Å². The molecule has 0 spiro atoms. The summed E-state index contributed by atoms with van der Waals surface area (Å²) in [6, 6.07) is 17.8. The van der Waals surface area contributed by atoms with E-state index in [0.717, 1.165) is 40.4 Å². The van der Waals surface area contributed by atoms with Gasteiger partial charge in [-0.15, -0.1) is 0 Å². The van der Waals surface area contributed by atoms with Crippen LogP contribution in [0.5, 0.6) is 0 Å². The van der Waals surface area contributed by atoms with Crippen LogP contribution in [0.3, 0.4) is 0 Å². The second kappa shape index (κ2) is 6.67. The molecule has 1 aromatic heterocycles. The molecule has 4 rings (SSSR count). The number of nitrogens with zero attached hydrogens (tertiary/aromatic N) is 3. The summed E-state index contributed by atoms with van der Waals surface area (Å²) in [5, 5.41) is 0. The van der Waals surface area contributed by atoms with E-state index in [9.17, 15) is 4.79 Å². The molecule has 26 heavy (non-hydrogen) atoms. The molecule has 3 aromatic rings. The number of hydrogen-bond donors (Lipinski definition) is 1. The van der Waals surface area contributed by atoms with Crippen molar-refractivity contribution in [2.75, 3.05) is 25.5 Å². The van der Waals surface area contributed by atoms with E-state index in [1.165, 1.54) is 0 Å². The highest BCUT2D eigenvalue weighted by Gasteiger charge is 2.26. The van der Waals surface area contributed by atoms with Gasteiger partial charge in [-0.05, 0) is 12.1 Å². The molecule has 0 unspecified atom stereocenters. The molecule has 1 aliphatic rings. The molecule has 0 bridgehead atoms. The number of imidazole rings is 1. The molecule has 0 aliphatic carbocycles. The van der Waals surface area contributed by atoms with Gasteiger partial charge in [-0.2, -0.15) is 0 Å². The van der Waals surface area contributed by atoms with Gasteiger partial charge >= 0.3 is 0 Å². The highest BCUT2D eigenvalue weighted by molar-refractivity contribution is 5.99. The topological polar surface area (TPSA) is 52.2 Å². The Bertz CT molecular complexity index is 930. The van der Waals surface area contributed by atoms with E-state index < -0.39 is 0 Å². The summed E-state index contributed by atoms with van der Waals surface area (Å²) in [6.07, 6.45) is 0.772. The molecule has 2 heterocycles. The second-order valence-electron chi connectivity index (χ2n) is 6.76. The van der Waals surface area contributed by atoms with Crippen LogP contribution in [-0.2, 0) is 13.0 Å². The van der Waals surface area contributed by atoms with Gasteiger partial charge in [0, 0.05) is 38.3 Å². The van der Waals surface area contributed by atoms with Crippen LogP contribution >= 0.6 is 0 Å². The Morgan fingerprint density at radius 2 is 1.81 bits per heavy atom. The predicted molar refractivity (Wildman–Crippen MR) is 103 cm³/mol. The highest BCUT2D eigenvalue weighted by atomic mass is 16.2. The van der Waals surface area contributed by atoms with E-state index >= 15 is 0 Å². The standard InChI is InChI=1S/C21H22N4O/c1-24(2)19-11-7-6-10-16(19)21(26)25-13-12-17-18(14-25)23-20(22-17)15-8-4-3-5-9-15/h3-11H,12-14H2,1-2H3,(H,22,23). The number of benzene rings is 2. The van der Waals surface area contributed by atoms with Crippen molar-refractivity contribution in [1.29, 1.82) is 0 Å². The third-order valence-electron chi connectivity index (χ3n) is 4.78. The Balaban J connectivity index is 1.59. The Kier molecular flexibility index (Phi) is 4.21. The zero-order valence-corrected chi connectivity index (χ0v) is 15.1. The Morgan fingerprint density at radius 3 is 2.58 bits per heavy atom. The van der Waals surface area contributed by atoms with Crippen LogP contribution in [0, 0.1) is 0 Å². The first-order valence-corrected chi connectivity index (χ1v) is 8.82. The first kappa shape index (κ1) is 16.4. The summed E-state index contributed by atoms with van der Waals surface area (Å²) in [4.78, 5) is 25.1. The number of aromatic amines is 1. The minimum atomic E-state index is 0.0656. The van der Waals surface area contributed by atoms with Crippen LogP contribution in [0.1, 0.15) is 21.7 Å². The molecule has 1 amide bonds.